The van der Waals surface area contributed by atoms with Crippen LogP contribution in [0.5, 0.6) is 5.75 Å². The number of aromatic amines is 1. The number of hydrogen-bond donors (Lipinski definition) is 3. The van der Waals surface area contributed by atoms with Crippen molar-refractivity contribution in [1.82, 2.24) is 30.4 Å². The van der Waals surface area contributed by atoms with Gasteiger partial charge in [0.1, 0.15) is 30.3 Å². The topological polar surface area (TPSA) is 177 Å². The number of methoxy groups -OCH3 is 2. The highest BCUT2D eigenvalue weighted by molar-refractivity contribution is 6.06. The highest BCUT2D eigenvalue weighted by atomic mass is 16.5. The summed E-state index contributed by atoms with van der Waals surface area (Å²) in [5.41, 5.74) is 7.99. The van der Waals surface area contributed by atoms with Gasteiger partial charge in [-0.15, -0.1) is 0 Å². The Morgan fingerprint density at radius 1 is 0.815 bits per heavy atom. The number of amides is 4. The third-order valence-corrected chi connectivity index (χ3v) is 14.4. The van der Waals surface area contributed by atoms with Gasteiger partial charge >= 0.3 is 12.2 Å². The number of carbonyl (C=O) groups is 4. The lowest BCUT2D eigenvalue weighted by Gasteiger charge is -2.39. The first-order chi connectivity index (χ1) is 31.2. The van der Waals surface area contributed by atoms with Crippen molar-refractivity contribution in [2.45, 2.75) is 142 Å². The van der Waals surface area contributed by atoms with Gasteiger partial charge in [0.25, 0.3) is 0 Å². The average molecular weight is 888 g/mol. The van der Waals surface area contributed by atoms with Crippen molar-refractivity contribution in [3.05, 3.63) is 65.6 Å². The van der Waals surface area contributed by atoms with Gasteiger partial charge in [0.2, 0.25) is 11.8 Å². The molecule has 4 amide bonds. The number of imidazole rings is 1. The van der Waals surface area contributed by atoms with E-state index >= 15 is 0 Å². The van der Waals surface area contributed by atoms with E-state index in [-0.39, 0.29) is 60.0 Å². The number of aromatic nitrogens is 2. The van der Waals surface area contributed by atoms with Crippen LogP contribution in [0.3, 0.4) is 0 Å². The number of hydrogen-bond acceptors (Lipinski definition) is 10. The maximum Gasteiger partial charge on any atom is 0.407 e. The van der Waals surface area contributed by atoms with Crippen molar-refractivity contribution in [3.63, 3.8) is 0 Å². The molecule has 15 heteroatoms. The monoisotopic (exact) mass is 887 g/mol. The molecule has 3 fully saturated rings. The quantitative estimate of drug-likeness (QED) is 0.150. The number of fused-ring (bicyclic) bond motifs is 6. The van der Waals surface area contributed by atoms with Crippen molar-refractivity contribution in [2.24, 2.45) is 16.8 Å². The van der Waals surface area contributed by atoms with Crippen LogP contribution in [0.4, 0.5) is 15.3 Å². The molecule has 3 aromatic carbocycles. The van der Waals surface area contributed by atoms with E-state index in [4.69, 9.17) is 28.9 Å². The molecule has 9 atom stereocenters. The highest BCUT2D eigenvalue weighted by Gasteiger charge is 2.45. The van der Waals surface area contributed by atoms with Gasteiger partial charge < -0.3 is 44.4 Å². The molecule has 65 heavy (non-hydrogen) atoms. The zero-order chi connectivity index (χ0) is 45.8. The summed E-state index contributed by atoms with van der Waals surface area (Å²) in [5.74, 6) is 1.08. The van der Waals surface area contributed by atoms with Gasteiger partial charge in [0, 0.05) is 29.8 Å². The van der Waals surface area contributed by atoms with E-state index in [1.54, 1.807) is 0 Å². The van der Waals surface area contributed by atoms with Gasteiger partial charge in [-0.3, -0.25) is 14.6 Å². The lowest BCUT2D eigenvalue weighted by atomic mass is 9.85. The van der Waals surface area contributed by atoms with E-state index in [0.29, 0.717) is 31.7 Å². The second kappa shape index (κ2) is 17.8. The Balaban J connectivity index is 0.932. The average Bonchev–Trinajstić information content (AvgIpc) is 4.11. The van der Waals surface area contributed by atoms with Crippen LogP contribution in [-0.4, -0.2) is 106 Å². The number of nitrogens with zero attached hydrogens (tertiary/aromatic N) is 4. The van der Waals surface area contributed by atoms with Crippen LogP contribution in [-0.2, 0) is 36.8 Å². The van der Waals surface area contributed by atoms with Crippen LogP contribution < -0.4 is 15.4 Å². The molecule has 9 rings (SSSR count). The highest BCUT2D eigenvalue weighted by Crippen LogP contribution is 2.45. The van der Waals surface area contributed by atoms with Crippen LogP contribution in [0.2, 0.25) is 0 Å². The summed E-state index contributed by atoms with van der Waals surface area (Å²) in [5, 5.41) is 7.81. The van der Waals surface area contributed by atoms with Gasteiger partial charge in [0.05, 0.1) is 56.1 Å². The Morgan fingerprint density at radius 2 is 1.51 bits per heavy atom. The fourth-order valence-electron chi connectivity index (χ4n) is 11.2. The van der Waals surface area contributed by atoms with Crippen molar-refractivity contribution in [3.8, 4) is 28.1 Å². The number of likely N-dealkylation sites (tertiary alicyclic amines) is 2. The molecule has 3 N–H and O–H groups in total. The first kappa shape index (κ1) is 44.3. The van der Waals surface area contributed by atoms with E-state index in [0.717, 1.165) is 87.1 Å². The van der Waals surface area contributed by atoms with Crippen LogP contribution in [0, 0.1) is 11.8 Å². The number of benzene rings is 3. The molecule has 0 aliphatic carbocycles. The number of alkyl carbamates (subject to hydrolysis) is 2. The summed E-state index contributed by atoms with van der Waals surface area (Å²) < 4.78 is 22.3. The molecule has 15 nitrogen and oxygen atoms in total. The second-order valence-electron chi connectivity index (χ2n) is 19.1. The minimum absolute atomic E-state index is 0.0108. The fraction of sp³-hybridized carbons (Fsp3) is 0.520. The van der Waals surface area contributed by atoms with E-state index in [2.05, 4.69) is 71.9 Å². The largest absolute Gasteiger partial charge is 0.488 e. The van der Waals surface area contributed by atoms with E-state index in [9.17, 15) is 19.2 Å². The Labute approximate surface area is 380 Å². The van der Waals surface area contributed by atoms with Gasteiger partial charge in [0.15, 0.2) is 0 Å². The molecule has 1 aromatic heterocycles. The van der Waals surface area contributed by atoms with Crippen molar-refractivity contribution >= 4 is 46.2 Å². The minimum Gasteiger partial charge on any atom is -0.488 e. The maximum absolute atomic E-state index is 14.5. The summed E-state index contributed by atoms with van der Waals surface area (Å²) in [7, 11) is 2.62. The number of ether oxygens (including phenoxy) is 4. The molecule has 4 aromatic rings. The summed E-state index contributed by atoms with van der Waals surface area (Å²) in [6, 6.07) is 13.0. The summed E-state index contributed by atoms with van der Waals surface area (Å²) in [6.45, 7) is 12.4. The molecule has 0 bridgehead atoms. The first-order valence-corrected chi connectivity index (χ1v) is 23.2. The molecule has 5 aliphatic heterocycles. The number of aliphatic imine (C=N–C) groups is 1. The van der Waals surface area contributed by atoms with E-state index in [1.807, 2.05) is 43.7 Å². The molecular formula is C50H61N7O8. The van der Waals surface area contributed by atoms with Crippen LogP contribution in [0.1, 0.15) is 103 Å². The molecule has 0 radical (unpaired) electrons. The fourth-order valence-corrected chi connectivity index (χ4v) is 11.2. The lowest BCUT2D eigenvalue weighted by molar-refractivity contribution is -0.140. The standard InChI is InChI=1S/C50H61N7O8/c1-25(2)44(54-49(60)62-7)47(58)56-26(3)9-15-41(56)39-21-36-35-22-43-37(20-30(35)12-14-38(36)52-39)34-13-11-31(19-33(34)24-64-43)40-23-51-46(53-40)42-16-10-27(4)57(42)48(59)45(55-50(61)63-8)32-17-28(5)65-29(6)18-32/h11-14,19-20,22-23,25-29,32,41-42,44-45H,9-10,15-18,21,24H2,1-8H3,(H,51,53)(H,54,60)(H,55,61)/t26-,27-,28-,29+,32?,41-,42-,44-,45-/m0/s1. The van der Waals surface area contributed by atoms with Crippen molar-refractivity contribution in [2.75, 3.05) is 14.2 Å². The van der Waals surface area contributed by atoms with Crippen LogP contribution in [0.25, 0.3) is 33.2 Å². The zero-order valence-corrected chi connectivity index (χ0v) is 38.6. The van der Waals surface area contributed by atoms with Gasteiger partial charge in [-0.05, 0) is 135 Å². The molecule has 5 aliphatic rings. The molecule has 6 heterocycles. The molecule has 0 spiro atoms. The van der Waals surface area contributed by atoms with Gasteiger partial charge in [-0.25, -0.2) is 14.6 Å². The first-order valence-electron chi connectivity index (χ1n) is 23.2. The SMILES string of the molecule is COC(=O)N[C@H](C(=O)N1[C@@H](C)CC[C@H]1C1=Nc2ccc3cc4c(cc3c2C1)OCc1cc(-c2cnc([C@@H]3CC[C@H](C)N3C(=O)[C@@H](NC(=O)OC)C3C[C@@H](C)O[C@@H](C)C3)[nH]2)ccc1-4)C(C)C. The minimum atomic E-state index is -0.743. The summed E-state index contributed by atoms with van der Waals surface area (Å²) >= 11 is 0. The molecule has 1 unspecified atom stereocenters. The maximum atomic E-state index is 14.5. The number of H-pyrrole nitrogens is 1. The predicted octanol–water partition coefficient (Wildman–Crippen LogP) is 8.16. The summed E-state index contributed by atoms with van der Waals surface area (Å²) in [4.78, 5) is 70.6. The Hall–Kier alpha value is -5.96. The Kier molecular flexibility index (Phi) is 12.1. The molecule has 0 saturated carbocycles. The number of carbonyl (C=O) groups excluding carboxylic acids is 4. The summed E-state index contributed by atoms with van der Waals surface area (Å²) in [6.07, 6.45) is 5.70. The third kappa shape index (κ3) is 8.32. The van der Waals surface area contributed by atoms with E-state index < -0.39 is 24.3 Å². The molecule has 344 valence electrons. The number of nitrogens with one attached hydrogen (secondary N) is 3. The Morgan fingerprint density at radius 3 is 2.22 bits per heavy atom. The molecular weight excluding hydrogens is 827 g/mol. The molecule has 3 saturated heterocycles. The van der Waals surface area contributed by atoms with Crippen LogP contribution in [0.15, 0.2) is 53.7 Å². The van der Waals surface area contributed by atoms with Crippen molar-refractivity contribution < 1.29 is 38.1 Å². The predicted molar refractivity (Wildman–Crippen MR) is 246 cm³/mol. The Bertz CT molecular complexity index is 2540. The van der Waals surface area contributed by atoms with Crippen molar-refractivity contribution in [1.29, 1.82) is 0 Å². The normalized spacial score (nSPS) is 25.6. The second-order valence-corrected chi connectivity index (χ2v) is 19.1. The van der Waals surface area contributed by atoms with Crippen LogP contribution >= 0.6 is 0 Å². The zero-order valence-electron chi connectivity index (χ0n) is 38.6. The third-order valence-electron chi connectivity index (χ3n) is 14.4. The smallest absolute Gasteiger partial charge is 0.407 e. The van der Waals surface area contributed by atoms with E-state index in [1.165, 1.54) is 14.2 Å². The van der Waals surface area contributed by atoms with Gasteiger partial charge in [-0.2, -0.15) is 0 Å². The lowest BCUT2D eigenvalue weighted by Crippen LogP contribution is -2.55. The van der Waals surface area contributed by atoms with Gasteiger partial charge in [-0.1, -0.05) is 32.0 Å². The number of rotatable bonds is 9.